The molecule has 0 amide bonds. The molecule has 0 aromatic heterocycles. The van der Waals surface area contributed by atoms with E-state index in [4.69, 9.17) is 23.7 Å². The van der Waals surface area contributed by atoms with E-state index in [-0.39, 0.29) is 24.1 Å². The molecule has 0 radical (unpaired) electrons. The molecular formula is C16H22O7. The van der Waals surface area contributed by atoms with Crippen molar-refractivity contribution in [1.29, 1.82) is 0 Å². The fraction of sp³-hybridized carbons (Fsp3) is 0.875. The SMILES string of the molecule is CC(=O)OC[C@@H]1O[C@H]2[C@H](OC(C)=O)O[C@H]3C[C@@]14CCCC[C@@]24O3. The van der Waals surface area contributed by atoms with Crippen molar-refractivity contribution in [2.75, 3.05) is 6.61 Å². The predicted octanol–water partition coefficient (Wildman–Crippen LogP) is 1.28. The molecular weight excluding hydrogens is 304 g/mol. The molecule has 128 valence electrons. The summed E-state index contributed by atoms with van der Waals surface area (Å²) in [5, 5.41) is 0. The molecule has 1 spiro atoms. The first kappa shape index (κ1) is 15.4. The van der Waals surface area contributed by atoms with Gasteiger partial charge in [-0.15, -0.1) is 0 Å². The Balaban J connectivity index is 1.67. The summed E-state index contributed by atoms with van der Waals surface area (Å²) in [5.74, 6) is -0.726. The van der Waals surface area contributed by atoms with Gasteiger partial charge in [0.05, 0.1) is 0 Å². The summed E-state index contributed by atoms with van der Waals surface area (Å²) in [5.41, 5.74) is -0.732. The third kappa shape index (κ3) is 2.06. The predicted molar refractivity (Wildman–Crippen MR) is 75.1 cm³/mol. The van der Waals surface area contributed by atoms with Gasteiger partial charge in [0.1, 0.15) is 18.3 Å². The second-order valence-electron chi connectivity index (χ2n) is 6.97. The molecule has 0 aromatic rings. The number of hydrogen-bond acceptors (Lipinski definition) is 7. The molecule has 23 heavy (non-hydrogen) atoms. The number of carbonyl (C=O) groups is 2. The summed E-state index contributed by atoms with van der Waals surface area (Å²) in [6, 6.07) is 0. The van der Waals surface area contributed by atoms with Crippen LogP contribution in [-0.4, -0.2) is 48.9 Å². The van der Waals surface area contributed by atoms with Gasteiger partial charge in [0.25, 0.3) is 0 Å². The second kappa shape index (κ2) is 5.16. The van der Waals surface area contributed by atoms with Gasteiger partial charge < -0.3 is 23.7 Å². The van der Waals surface area contributed by atoms with Gasteiger partial charge in [-0.25, -0.2) is 0 Å². The lowest BCUT2D eigenvalue weighted by atomic mass is 9.60. The molecule has 0 unspecified atom stereocenters. The summed E-state index contributed by atoms with van der Waals surface area (Å²) < 4.78 is 28.8. The van der Waals surface area contributed by atoms with Gasteiger partial charge in [-0.1, -0.05) is 12.8 Å². The van der Waals surface area contributed by atoms with Crippen LogP contribution in [0.3, 0.4) is 0 Å². The highest BCUT2D eigenvalue weighted by Gasteiger charge is 2.77. The van der Waals surface area contributed by atoms with Crippen LogP contribution in [0.1, 0.15) is 46.0 Å². The zero-order valence-electron chi connectivity index (χ0n) is 13.4. The van der Waals surface area contributed by atoms with E-state index in [1.54, 1.807) is 0 Å². The molecule has 3 saturated heterocycles. The third-order valence-electron chi connectivity index (χ3n) is 5.78. The van der Waals surface area contributed by atoms with Gasteiger partial charge in [0.2, 0.25) is 6.29 Å². The number of rotatable bonds is 3. The van der Waals surface area contributed by atoms with Crippen LogP contribution in [0.5, 0.6) is 0 Å². The van der Waals surface area contributed by atoms with Crippen LogP contribution in [0.25, 0.3) is 0 Å². The summed E-state index contributed by atoms with van der Waals surface area (Å²) in [4.78, 5) is 22.6. The van der Waals surface area contributed by atoms with Gasteiger partial charge in [-0.2, -0.15) is 0 Å². The molecule has 4 fully saturated rings. The van der Waals surface area contributed by atoms with E-state index in [0.29, 0.717) is 6.42 Å². The maximum Gasteiger partial charge on any atom is 0.305 e. The zero-order valence-corrected chi connectivity index (χ0v) is 13.4. The molecule has 3 heterocycles. The standard InChI is InChI=1S/C16H22O7/c1-9(17)19-8-11-15-5-3-4-6-16(15)13(21-11)14(20-10(2)18)22-12(7-15)23-16/h11-14H,3-8H2,1-2H3/t11-,12+,13-,14+,15-,16+/m0/s1. The van der Waals surface area contributed by atoms with Crippen molar-refractivity contribution in [3.63, 3.8) is 0 Å². The normalized spacial score (nSPS) is 47.0. The van der Waals surface area contributed by atoms with Crippen LogP contribution in [0.4, 0.5) is 0 Å². The van der Waals surface area contributed by atoms with E-state index >= 15 is 0 Å². The Hall–Kier alpha value is -1.18. The fourth-order valence-corrected chi connectivity index (χ4v) is 5.01. The van der Waals surface area contributed by atoms with Gasteiger partial charge in [0.15, 0.2) is 12.4 Å². The molecule has 7 heteroatoms. The minimum Gasteiger partial charge on any atom is -0.463 e. The van der Waals surface area contributed by atoms with Crippen molar-refractivity contribution in [2.24, 2.45) is 5.41 Å². The first-order chi connectivity index (χ1) is 11.0. The Bertz CT molecular complexity index is 529. The molecule has 1 saturated carbocycles. The Morgan fingerprint density at radius 3 is 2.65 bits per heavy atom. The van der Waals surface area contributed by atoms with Gasteiger partial charge in [-0.3, -0.25) is 9.59 Å². The second-order valence-corrected chi connectivity index (χ2v) is 6.97. The third-order valence-corrected chi connectivity index (χ3v) is 5.78. The molecule has 0 N–H and O–H groups in total. The highest BCUT2D eigenvalue weighted by Crippen LogP contribution is 2.67. The first-order valence-electron chi connectivity index (χ1n) is 8.26. The van der Waals surface area contributed by atoms with E-state index in [2.05, 4.69) is 0 Å². The zero-order chi connectivity index (χ0) is 16.2. The average molecular weight is 326 g/mol. The number of fused-ring (bicyclic) bond motifs is 1. The molecule has 4 aliphatic rings. The van der Waals surface area contributed by atoms with E-state index in [1.807, 2.05) is 0 Å². The minimum atomic E-state index is -0.756. The summed E-state index contributed by atoms with van der Waals surface area (Å²) in [6.07, 6.45) is 2.76. The van der Waals surface area contributed by atoms with Crippen molar-refractivity contribution < 1.29 is 33.3 Å². The number of esters is 2. The van der Waals surface area contributed by atoms with Crippen LogP contribution >= 0.6 is 0 Å². The average Bonchev–Trinajstić information content (AvgIpc) is 2.90. The summed E-state index contributed by atoms with van der Waals surface area (Å²) >= 11 is 0. The molecule has 7 nitrogen and oxygen atoms in total. The van der Waals surface area contributed by atoms with Crippen molar-refractivity contribution in [3.05, 3.63) is 0 Å². The molecule has 4 rings (SSSR count). The molecule has 1 aliphatic carbocycles. The maximum atomic E-state index is 11.4. The Kier molecular flexibility index (Phi) is 3.44. The van der Waals surface area contributed by atoms with Crippen LogP contribution in [0.2, 0.25) is 0 Å². The largest absolute Gasteiger partial charge is 0.463 e. The van der Waals surface area contributed by atoms with E-state index in [0.717, 1.165) is 25.7 Å². The minimum absolute atomic E-state index is 0.205. The Morgan fingerprint density at radius 2 is 1.91 bits per heavy atom. The van der Waals surface area contributed by atoms with Crippen LogP contribution in [0.15, 0.2) is 0 Å². The highest BCUT2D eigenvalue weighted by molar-refractivity contribution is 5.66. The molecule has 2 bridgehead atoms. The van der Waals surface area contributed by atoms with Crippen LogP contribution in [-0.2, 0) is 33.3 Å². The van der Waals surface area contributed by atoms with E-state index < -0.39 is 30.3 Å². The number of ether oxygens (including phenoxy) is 5. The summed E-state index contributed by atoms with van der Waals surface area (Å²) in [6.45, 7) is 2.96. The van der Waals surface area contributed by atoms with Crippen molar-refractivity contribution >= 4 is 11.9 Å². The maximum absolute atomic E-state index is 11.4. The fourth-order valence-electron chi connectivity index (χ4n) is 5.01. The molecule has 0 aromatic carbocycles. The summed E-state index contributed by atoms with van der Waals surface area (Å²) in [7, 11) is 0. The topological polar surface area (TPSA) is 80.3 Å². The lowest BCUT2D eigenvalue weighted by Gasteiger charge is -2.47. The lowest BCUT2D eigenvalue weighted by Crippen LogP contribution is -2.59. The number of hydrogen-bond donors (Lipinski definition) is 0. The van der Waals surface area contributed by atoms with Crippen molar-refractivity contribution in [3.8, 4) is 0 Å². The Labute approximate surface area is 134 Å². The first-order valence-corrected chi connectivity index (χ1v) is 8.26. The lowest BCUT2D eigenvalue weighted by molar-refractivity contribution is -0.341. The van der Waals surface area contributed by atoms with Gasteiger partial charge >= 0.3 is 11.9 Å². The molecule has 3 aliphatic heterocycles. The van der Waals surface area contributed by atoms with E-state index in [1.165, 1.54) is 13.8 Å². The van der Waals surface area contributed by atoms with Crippen LogP contribution < -0.4 is 0 Å². The van der Waals surface area contributed by atoms with Crippen molar-refractivity contribution in [1.82, 2.24) is 0 Å². The van der Waals surface area contributed by atoms with E-state index in [9.17, 15) is 9.59 Å². The van der Waals surface area contributed by atoms with Gasteiger partial charge in [-0.05, 0) is 12.8 Å². The Morgan fingerprint density at radius 1 is 1.13 bits per heavy atom. The quantitative estimate of drug-likeness (QED) is 0.723. The molecule has 6 atom stereocenters. The number of carbonyl (C=O) groups excluding carboxylic acids is 2. The van der Waals surface area contributed by atoms with Crippen molar-refractivity contribution in [2.45, 2.75) is 76.3 Å². The monoisotopic (exact) mass is 326 g/mol. The smallest absolute Gasteiger partial charge is 0.305 e. The van der Waals surface area contributed by atoms with Crippen LogP contribution in [0, 0.1) is 5.41 Å². The highest BCUT2D eigenvalue weighted by atomic mass is 16.8. The van der Waals surface area contributed by atoms with Gasteiger partial charge in [0, 0.05) is 25.7 Å².